The Labute approximate surface area is 264 Å². The van der Waals surface area contributed by atoms with Crippen LogP contribution in [-0.4, -0.2) is 58.3 Å². The Morgan fingerprint density at radius 3 is 2.39 bits per heavy atom. The van der Waals surface area contributed by atoms with Gasteiger partial charge in [-0.15, -0.1) is 11.3 Å². The second-order valence-electron chi connectivity index (χ2n) is 14.1. The molecule has 0 aliphatic carbocycles. The highest BCUT2D eigenvalue weighted by atomic mass is 32.1. The van der Waals surface area contributed by atoms with Gasteiger partial charge in [0.15, 0.2) is 0 Å². The fourth-order valence-corrected chi connectivity index (χ4v) is 9.02. The maximum atomic E-state index is 14.0. The number of H-pyrrole nitrogens is 1. The van der Waals surface area contributed by atoms with Crippen molar-refractivity contribution in [1.29, 1.82) is 0 Å². The van der Waals surface area contributed by atoms with Crippen LogP contribution in [0.5, 0.6) is 0 Å². The largest absolute Gasteiger partial charge is 0.472 e. The third-order valence-electron chi connectivity index (χ3n) is 10.3. The Morgan fingerprint density at radius 1 is 1.07 bits per heavy atom. The van der Waals surface area contributed by atoms with Crippen LogP contribution in [0.25, 0.3) is 21.5 Å². The van der Waals surface area contributed by atoms with Gasteiger partial charge in [0.05, 0.1) is 29.6 Å². The summed E-state index contributed by atoms with van der Waals surface area (Å²) in [6, 6.07) is 11.7. The van der Waals surface area contributed by atoms with Gasteiger partial charge in [-0.1, -0.05) is 24.1 Å². The lowest BCUT2D eigenvalue weighted by Gasteiger charge is -2.38. The van der Waals surface area contributed by atoms with E-state index in [1.54, 1.807) is 23.9 Å². The van der Waals surface area contributed by atoms with Crippen molar-refractivity contribution in [3.05, 3.63) is 70.0 Å². The Hall–Kier alpha value is -3.36. The highest BCUT2D eigenvalue weighted by Crippen LogP contribution is 2.45. The number of amides is 2. The molecule has 232 valence electrons. The summed E-state index contributed by atoms with van der Waals surface area (Å²) < 4.78 is 5.18. The molecule has 3 saturated heterocycles. The van der Waals surface area contributed by atoms with E-state index in [0.717, 1.165) is 66.3 Å². The summed E-state index contributed by atoms with van der Waals surface area (Å²) in [5.74, 6) is 0.490. The number of rotatable bonds is 9. The van der Waals surface area contributed by atoms with E-state index >= 15 is 0 Å². The highest BCUT2D eigenvalue weighted by molar-refractivity contribution is 7.19. The van der Waals surface area contributed by atoms with Crippen LogP contribution in [0.3, 0.4) is 0 Å². The first kappa shape index (κ1) is 29.4. The minimum atomic E-state index is -0.586. The average Bonchev–Trinajstić information content (AvgIpc) is 3.79. The van der Waals surface area contributed by atoms with Crippen molar-refractivity contribution < 1.29 is 14.0 Å². The number of carbonyl (C=O) groups is 2. The molecule has 7 rings (SSSR count). The van der Waals surface area contributed by atoms with Crippen LogP contribution in [0.1, 0.15) is 79.5 Å². The van der Waals surface area contributed by atoms with Gasteiger partial charge >= 0.3 is 0 Å². The Kier molecular flexibility index (Phi) is 7.48. The van der Waals surface area contributed by atoms with Crippen molar-refractivity contribution in [3.8, 4) is 11.3 Å². The van der Waals surface area contributed by atoms with E-state index in [9.17, 15) is 9.59 Å². The topological polar surface area (TPSA) is 81.6 Å². The van der Waals surface area contributed by atoms with E-state index in [1.165, 1.54) is 27.6 Å². The Balaban J connectivity index is 1.13. The molecular weight excluding hydrogens is 568 g/mol. The quantitative estimate of drug-likeness (QED) is 0.216. The van der Waals surface area contributed by atoms with Crippen LogP contribution in [0.4, 0.5) is 0 Å². The first-order valence-corrected chi connectivity index (χ1v) is 17.0. The van der Waals surface area contributed by atoms with E-state index in [2.05, 4.69) is 79.0 Å². The lowest BCUT2D eigenvalue weighted by molar-refractivity contribution is -0.137. The molecule has 3 aromatic heterocycles. The lowest BCUT2D eigenvalue weighted by Crippen LogP contribution is -2.53. The number of furan rings is 1. The molecule has 0 saturated carbocycles. The normalized spacial score (nSPS) is 21.2. The van der Waals surface area contributed by atoms with Gasteiger partial charge < -0.3 is 19.6 Å². The van der Waals surface area contributed by atoms with E-state index in [-0.39, 0.29) is 23.7 Å². The number of carbonyl (C=O) groups excluding carboxylic acids is 2. The van der Waals surface area contributed by atoms with Crippen molar-refractivity contribution in [2.24, 2.45) is 5.92 Å². The van der Waals surface area contributed by atoms with Crippen LogP contribution in [-0.2, 0) is 21.5 Å². The summed E-state index contributed by atoms with van der Waals surface area (Å²) in [6.07, 6.45) is 8.04. The van der Waals surface area contributed by atoms with Crippen LogP contribution in [0, 0.1) is 19.8 Å². The molecular formula is C36H44N4O3S. The maximum absolute atomic E-state index is 14.0. The van der Waals surface area contributed by atoms with E-state index in [0.29, 0.717) is 18.6 Å². The van der Waals surface area contributed by atoms with Crippen LogP contribution >= 0.6 is 11.3 Å². The number of nitrogens with one attached hydrogen (secondary N) is 2. The summed E-state index contributed by atoms with van der Waals surface area (Å²) in [7, 11) is 0. The number of fused-ring (bicyclic) bond motifs is 3. The molecule has 7 nitrogen and oxygen atoms in total. The smallest absolute Gasteiger partial charge is 0.233 e. The molecule has 2 bridgehead atoms. The van der Waals surface area contributed by atoms with Gasteiger partial charge in [-0.25, -0.2) is 0 Å². The molecule has 4 aromatic rings. The third-order valence-corrected chi connectivity index (χ3v) is 11.6. The van der Waals surface area contributed by atoms with Crippen LogP contribution in [0.15, 0.2) is 47.3 Å². The van der Waals surface area contributed by atoms with E-state index in [4.69, 9.17) is 4.42 Å². The molecule has 0 spiro atoms. The van der Waals surface area contributed by atoms with Crippen molar-refractivity contribution in [3.63, 3.8) is 0 Å². The summed E-state index contributed by atoms with van der Waals surface area (Å²) in [5.41, 5.74) is 6.50. The van der Waals surface area contributed by atoms with Gasteiger partial charge in [0.1, 0.15) is 4.83 Å². The standard InChI is InChI=1S/C36H44N4O3S/c1-21-12-22(2)14-25(13-21)32-31(23(3)16-37-33(41)26-18-39(19-26)17-24-10-11-43-20-24)29-15-30(44-34(29)38-32)36(4,5)35(42)40-27-6-7-28(40)9-8-27/h10-15,20,23,26-28,38H,6-9,16-19H2,1-5H3,(H,37,41)/t23-,27?,28?/m1/s1. The molecule has 6 heterocycles. The highest BCUT2D eigenvalue weighted by Gasteiger charge is 2.47. The molecule has 0 unspecified atom stereocenters. The zero-order valence-corrected chi connectivity index (χ0v) is 27.4. The Morgan fingerprint density at radius 2 is 1.75 bits per heavy atom. The number of hydrogen-bond acceptors (Lipinski definition) is 5. The molecule has 0 radical (unpaired) electrons. The van der Waals surface area contributed by atoms with Crippen molar-refractivity contribution in [1.82, 2.24) is 20.1 Å². The molecule has 44 heavy (non-hydrogen) atoms. The minimum Gasteiger partial charge on any atom is -0.472 e. The number of hydrogen-bond donors (Lipinski definition) is 2. The van der Waals surface area contributed by atoms with Gasteiger partial charge in [0.25, 0.3) is 0 Å². The molecule has 2 amide bonds. The summed E-state index contributed by atoms with van der Waals surface area (Å²) in [4.78, 5) is 37.6. The third kappa shape index (κ3) is 5.20. The number of benzene rings is 1. The SMILES string of the molecule is Cc1cc(C)cc(-c2[nH]c3sc(C(C)(C)C(=O)N4C5CCC4CC5)cc3c2[C@H](C)CNC(=O)C2CN(Cc3ccoc3)C2)c1. The average molecular weight is 613 g/mol. The van der Waals surface area contributed by atoms with Crippen molar-refractivity contribution in [2.75, 3.05) is 19.6 Å². The van der Waals surface area contributed by atoms with Gasteiger partial charge in [-0.3, -0.25) is 14.5 Å². The number of nitrogens with zero attached hydrogens (tertiary/aromatic N) is 2. The lowest BCUT2D eigenvalue weighted by atomic mass is 9.88. The molecule has 1 aromatic carbocycles. The Bertz CT molecular complexity index is 1650. The van der Waals surface area contributed by atoms with Crippen molar-refractivity contribution in [2.45, 2.75) is 90.3 Å². The fraction of sp³-hybridized carbons (Fsp3) is 0.500. The van der Waals surface area contributed by atoms with Crippen LogP contribution in [0.2, 0.25) is 0 Å². The van der Waals surface area contributed by atoms with Gasteiger partial charge in [0.2, 0.25) is 11.8 Å². The maximum Gasteiger partial charge on any atom is 0.233 e. The molecule has 2 N–H and O–H groups in total. The van der Waals surface area contributed by atoms with Crippen LogP contribution < -0.4 is 5.32 Å². The molecule has 3 aliphatic heterocycles. The number of thiophene rings is 1. The van der Waals surface area contributed by atoms with E-state index in [1.807, 2.05) is 6.07 Å². The van der Waals surface area contributed by atoms with Gasteiger partial charge in [0, 0.05) is 60.0 Å². The second kappa shape index (κ2) is 11.2. The monoisotopic (exact) mass is 612 g/mol. The van der Waals surface area contributed by atoms with Gasteiger partial charge in [-0.2, -0.15) is 0 Å². The predicted octanol–water partition coefficient (Wildman–Crippen LogP) is 6.89. The first-order valence-electron chi connectivity index (χ1n) is 16.2. The minimum absolute atomic E-state index is 0.0136. The molecule has 1 atom stereocenters. The van der Waals surface area contributed by atoms with Crippen molar-refractivity contribution >= 4 is 33.4 Å². The molecule has 3 fully saturated rings. The molecule has 8 heteroatoms. The predicted molar refractivity (Wildman–Crippen MR) is 176 cm³/mol. The fourth-order valence-electron chi connectivity index (χ4n) is 7.84. The summed E-state index contributed by atoms with van der Waals surface area (Å²) >= 11 is 1.71. The summed E-state index contributed by atoms with van der Waals surface area (Å²) in [6.45, 7) is 13.6. The first-order chi connectivity index (χ1) is 21.1. The zero-order valence-electron chi connectivity index (χ0n) is 26.5. The zero-order chi connectivity index (χ0) is 30.7. The molecule has 3 aliphatic rings. The summed E-state index contributed by atoms with van der Waals surface area (Å²) in [5, 5.41) is 4.44. The second-order valence-corrected chi connectivity index (χ2v) is 15.2. The number of aryl methyl sites for hydroxylation is 2. The van der Waals surface area contributed by atoms with Gasteiger partial charge in [-0.05, 0) is 88.8 Å². The number of aromatic amines is 1. The van der Waals surface area contributed by atoms with E-state index < -0.39 is 5.41 Å². The number of likely N-dealkylation sites (tertiary alicyclic amines) is 1. The number of aromatic nitrogens is 1.